The third kappa shape index (κ3) is 2.57. The number of rotatable bonds is 3. The highest BCUT2D eigenvalue weighted by molar-refractivity contribution is 5.64. The van der Waals surface area contributed by atoms with Crippen LogP contribution in [0.5, 0.6) is 0 Å². The molecule has 104 valence electrons. The van der Waals surface area contributed by atoms with Crippen molar-refractivity contribution in [3.05, 3.63) is 35.5 Å². The van der Waals surface area contributed by atoms with E-state index in [4.69, 9.17) is 0 Å². The summed E-state index contributed by atoms with van der Waals surface area (Å²) in [6.45, 7) is 6.22. The molecule has 0 aliphatic carbocycles. The molecule has 1 aliphatic heterocycles. The van der Waals surface area contributed by atoms with Crippen LogP contribution in [0.1, 0.15) is 24.0 Å². The molecule has 2 aromatic rings. The maximum absolute atomic E-state index is 4.57. The zero-order valence-electron chi connectivity index (χ0n) is 11.9. The van der Waals surface area contributed by atoms with Crippen LogP contribution in [-0.4, -0.2) is 28.3 Å². The van der Waals surface area contributed by atoms with Crippen molar-refractivity contribution in [2.45, 2.75) is 26.7 Å². The summed E-state index contributed by atoms with van der Waals surface area (Å²) in [7, 11) is 0. The van der Waals surface area contributed by atoms with Gasteiger partial charge in [-0.15, -0.1) is 5.10 Å². The summed E-state index contributed by atoms with van der Waals surface area (Å²) in [6, 6.07) is 6.24. The zero-order chi connectivity index (χ0) is 13.9. The van der Waals surface area contributed by atoms with E-state index in [1.807, 2.05) is 0 Å². The van der Waals surface area contributed by atoms with Crippen molar-refractivity contribution in [3.63, 3.8) is 0 Å². The number of aryl methyl sites for hydroxylation is 2. The average Bonchev–Trinajstić information content (AvgIpc) is 2.98. The molecule has 1 aliphatic rings. The largest absolute Gasteiger partial charge is 0.339 e. The summed E-state index contributed by atoms with van der Waals surface area (Å²) in [5.41, 5.74) is 3.50. The molecule has 5 nitrogen and oxygen atoms in total. The van der Waals surface area contributed by atoms with E-state index in [1.165, 1.54) is 24.0 Å². The summed E-state index contributed by atoms with van der Waals surface area (Å²) in [6.07, 6.45) is 4.08. The standard InChI is InChI=1S/C15H19N5/c1-11-6-5-7-12(2)14(11)17-13-10-16-19-15(18-13)20-8-3-4-9-20/h5-7,10H,3-4,8-9H2,1-2H3,(H,17,18,19). The highest BCUT2D eigenvalue weighted by Gasteiger charge is 2.16. The van der Waals surface area contributed by atoms with Gasteiger partial charge in [-0.2, -0.15) is 10.1 Å². The summed E-state index contributed by atoms with van der Waals surface area (Å²) in [5.74, 6) is 1.47. The number of hydrogen-bond acceptors (Lipinski definition) is 5. The third-order valence-electron chi connectivity index (χ3n) is 3.67. The Balaban J connectivity index is 1.85. The van der Waals surface area contributed by atoms with Crippen molar-refractivity contribution in [2.24, 2.45) is 0 Å². The molecular weight excluding hydrogens is 250 g/mol. The van der Waals surface area contributed by atoms with Gasteiger partial charge >= 0.3 is 0 Å². The van der Waals surface area contributed by atoms with Gasteiger partial charge in [0.15, 0.2) is 5.82 Å². The molecule has 1 N–H and O–H groups in total. The molecule has 2 heterocycles. The predicted octanol–water partition coefficient (Wildman–Crippen LogP) is 2.83. The molecule has 20 heavy (non-hydrogen) atoms. The van der Waals surface area contributed by atoms with Gasteiger partial charge in [0, 0.05) is 18.8 Å². The fourth-order valence-electron chi connectivity index (χ4n) is 2.55. The first-order chi connectivity index (χ1) is 9.74. The molecule has 1 aromatic carbocycles. The molecule has 0 bridgehead atoms. The quantitative estimate of drug-likeness (QED) is 0.928. The van der Waals surface area contributed by atoms with E-state index in [2.05, 4.69) is 57.4 Å². The Labute approximate surface area is 119 Å². The van der Waals surface area contributed by atoms with Gasteiger partial charge in [-0.1, -0.05) is 18.2 Å². The number of benzene rings is 1. The smallest absolute Gasteiger partial charge is 0.247 e. The summed E-state index contributed by atoms with van der Waals surface area (Å²) in [4.78, 5) is 6.76. The van der Waals surface area contributed by atoms with Crippen molar-refractivity contribution in [1.29, 1.82) is 0 Å². The van der Waals surface area contributed by atoms with Gasteiger partial charge in [-0.3, -0.25) is 0 Å². The lowest BCUT2D eigenvalue weighted by atomic mass is 10.1. The minimum absolute atomic E-state index is 0.721. The maximum Gasteiger partial charge on any atom is 0.247 e. The lowest BCUT2D eigenvalue weighted by Gasteiger charge is -2.16. The highest BCUT2D eigenvalue weighted by atomic mass is 15.3. The van der Waals surface area contributed by atoms with E-state index >= 15 is 0 Å². The predicted molar refractivity (Wildman–Crippen MR) is 80.5 cm³/mol. The van der Waals surface area contributed by atoms with Gasteiger partial charge in [0.05, 0.1) is 6.20 Å². The van der Waals surface area contributed by atoms with E-state index in [9.17, 15) is 0 Å². The van der Waals surface area contributed by atoms with Crippen LogP contribution in [0, 0.1) is 13.8 Å². The van der Waals surface area contributed by atoms with Crippen LogP contribution in [0.15, 0.2) is 24.4 Å². The number of para-hydroxylation sites is 1. The number of nitrogens with one attached hydrogen (secondary N) is 1. The first-order valence-corrected chi connectivity index (χ1v) is 7.02. The van der Waals surface area contributed by atoms with E-state index < -0.39 is 0 Å². The normalized spacial score (nSPS) is 14.6. The Morgan fingerprint density at radius 2 is 1.80 bits per heavy atom. The molecule has 0 radical (unpaired) electrons. The first kappa shape index (κ1) is 12.8. The molecule has 0 spiro atoms. The van der Waals surface area contributed by atoms with Gasteiger partial charge in [0.1, 0.15) is 0 Å². The molecule has 1 saturated heterocycles. The van der Waals surface area contributed by atoms with Gasteiger partial charge < -0.3 is 10.2 Å². The maximum atomic E-state index is 4.57. The van der Waals surface area contributed by atoms with Crippen LogP contribution in [0.3, 0.4) is 0 Å². The van der Waals surface area contributed by atoms with Crippen LogP contribution in [-0.2, 0) is 0 Å². The van der Waals surface area contributed by atoms with Crippen LogP contribution in [0.4, 0.5) is 17.5 Å². The van der Waals surface area contributed by atoms with Crippen molar-refractivity contribution >= 4 is 17.5 Å². The van der Waals surface area contributed by atoms with Crippen LogP contribution >= 0.6 is 0 Å². The van der Waals surface area contributed by atoms with Gasteiger partial charge in [0.2, 0.25) is 5.95 Å². The van der Waals surface area contributed by atoms with Gasteiger partial charge in [-0.25, -0.2) is 0 Å². The van der Waals surface area contributed by atoms with Crippen LogP contribution in [0.25, 0.3) is 0 Å². The van der Waals surface area contributed by atoms with E-state index in [1.54, 1.807) is 6.20 Å². The molecule has 5 heteroatoms. The fourth-order valence-corrected chi connectivity index (χ4v) is 2.55. The Hall–Kier alpha value is -2.17. The van der Waals surface area contributed by atoms with Crippen molar-refractivity contribution < 1.29 is 0 Å². The van der Waals surface area contributed by atoms with Crippen molar-refractivity contribution in [2.75, 3.05) is 23.3 Å². The summed E-state index contributed by atoms with van der Waals surface area (Å²) < 4.78 is 0. The molecule has 0 amide bonds. The zero-order valence-corrected chi connectivity index (χ0v) is 11.9. The first-order valence-electron chi connectivity index (χ1n) is 7.02. The monoisotopic (exact) mass is 269 g/mol. The second-order valence-electron chi connectivity index (χ2n) is 5.23. The Kier molecular flexibility index (Phi) is 3.50. The van der Waals surface area contributed by atoms with Crippen LogP contribution < -0.4 is 10.2 Å². The minimum Gasteiger partial charge on any atom is -0.339 e. The van der Waals surface area contributed by atoms with Crippen molar-refractivity contribution in [3.8, 4) is 0 Å². The molecule has 0 unspecified atom stereocenters. The Bertz CT molecular complexity index is 585. The minimum atomic E-state index is 0.721. The SMILES string of the molecule is Cc1cccc(C)c1Nc1cnnc(N2CCCC2)n1. The Morgan fingerprint density at radius 1 is 1.10 bits per heavy atom. The Morgan fingerprint density at radius 3 is 2.50 bits per heavy atom. The van der Waals surface area contributed by atoms with E-state index in [0.29, 0.717) is 0 Å². The van der Waals surface area contributed by atoms with Crippen molar-refractivity contribution in [1.82, 2.24) is 15.2 Å². The average molecular weight is 269 g/mol. The highest BCUT2D eigenvalue weighted by Crippen LogP contribution is 2.24. The molecule has 1 fully saturated rings. The lowest BCUT2D eigenvalue weighted by molar-refractivity contribution is 0.852. The molecule has 1 aromatic heterocycles. The topological polar surface area (TPSA) is 53.9 Å². The van der Waals surface area contributed by atoms with Crippen LogP contribution in [0.2, 0.25) is 0 Å². The van der Waals surface area contributed by atoms with Gasteiger partial charge in [0.25, 0.3) is 0 Å². The molecule has 0 atom stereocenters. The third-order valence-corrected chi connectivity index (χ3v) is 3.67. The van der Waals surface area contributed by atoms with E-state index in [0.717, 1.165) is 30.5 Å². The number of aromatic nitrogens is 3. The molecular formula is C15H19N5. The second kappa shape index (κ2) is 5.45. The number of nitrogens with zero attached hydrogens (tertiary/aromatic N) is 4. The molecule has 0 saturated carbocycles. The summed E-state index contributed by atoms with van der Waals surface area (Å²) >= 11 is 0. The summed E-state index contributed by atoms with van der Waals surface area (Å²) in [5, 5.41) is 11.6. The van der Waals surface area contributed by atoms with Gasteiger partial charge in [-0.05, 0) is 37.8 Å². The second-order valence-corrected chi connectivity index (χ2v) is 5.23. The number of hydrogen-bond donors (Lipinski definition) is 1. The number of anilines is 3. The fraction of sp³-hybridized carbons (Fsp3) is 0.400. The van der Waals surface area contributed by atoms with E-state index in [-0.39, 0.29) is 0 Å². The lowest BCUT2D eigenvalue weighted by Crippen LogP contribution is -2.21. The molecule has 3 rings (SSSR count).